The largest absolute Gasteiger partial charge is 0.449 e. The lowest BCUT2D eigenvalue weighted by Gasteiger charge is -2.26. The number of aromatic nitrogens is 2. The molecule has 0 amide bonds. The van der Waals surface area contributed by atoms with E-state index in [4.69, 9.17) is 19.4 Å². The van der Waals surface area contributed by atoms with Crippen LogP contribution in [0, 0.1) is 0 Å². The van der Waals surface area contributed by atoms with Crippen LogP contribution in [0.3, 0.4) is 0 Å². The molecule has 6 aromatic carbocycles. The molecule has 0 saturated heterocycles. The SMILES string of the molecule is C=Cc1sc2cc(-c3cc(-c4ccccc4)nc(-c4cccc(-c5cccc6c5Oc5ccc7c(c5O6)-c5ccccc5C7(C)C)c4)n3)ccc2c1C=C. The van der Waals surface area contributed by atoms with Gasteiger partial charge in [0.2, 0.25) is 0 Å². The standard InChI is InChI=1S/C49H34N2O2S/c1-5-33-35-23-22-31(27-44(35)54-43(33)6-2)40-28-39(29-14-8-7-9-15-29)50-48(51-40)32-17-12-16-30(26-32)34-19-13-21-41-46(34)52-42-25-24-38-45(47(42)53-41)36-18-10-11-20-37(36)49(38,3)4/h5-28H,1-2H2,3-4H3. The predicted octanol–water partition coefficient (Wildman–Crippen LogP) is 13.8. The van der Waals surface area contributed by atoms with E-state index in [9.17, 15) is 0 Å². The van der Waals surface area contributed by atoms with E-state index in [0.717, 1.165) is 71.0 Å². The Bertz CT molecular complexity index is 2850. The molecule has 4 nitrogen and oxygen atoms in total. The maximum Gasteiger partial charge on any atom is 0.178 e. The molecular formula is C49H34N2O2S. The summed E-state index contributed by atoms with van der Waals surface area (Å²) in [5.74, 6) is 3.50. The Kier molecular flexibility index (Phi) is 7.29. The van der Waals surface area contributed by atoms with E-state index in [1.165, 1.54) is 16.7 Å². The molecule has 3 heterocycles. The summed E-state index contributed by atoms with van der Waals surface area (Å²) < 4.78 is 14.7. The number of nitrogens with zero attached hydrogens (tertiary/aromatic N) is 2. The fraction of sp³-hybridized carbons (Fsp3) is 0.0612. The molecule has 0 bridgehead atoms. The van der Waals surface area contributed by atoms with Gasteiger partial charge in [0, 0.05) is 48.2 Å². The van der Waals surface area contributed by atoms with Crippen LogP contribution in [-0.4, -0.2) is 9.97 Å². The predicted molar refractivity (Wildman–Crippen MR) is 223 cm³/mol. The lowest BCUT2D eigenvalue weighted by Crippen LogP contribution is -2.15. The Hall–Kier alpha value is -6.56. The number of ether oxygens (including phenoxy) is 2. The molecule has 258 valence electrons. The number of para-hydroxylation sites is 1. The highest BCUT2D eigenvalue weighted by Crippen LogP contribution is 2.59. The van der Waals surface area contributed by atoms with Crippen molar-refractivity contribution in [1.82, 2.24) is 9.97 Å². The highest BCUT2D eigenvalue weighted by Gasteiger charge is 2.39. The zero-order chi connectivity index (χ0) is 36.6. The molecule has 0 spiro atoms. The number of fused-ring (bicyclic) bond motifs is 7. The molecule has 54 heavy (non-hydrogen) atoms. The highest BCUT2D eigenvalue weighted by molar-refractivity contribution is 7.20. The molecule has 0 fully saturated rings. The van der Waals surface area contributed by atoms with Crippen molar-refractivity contribution in [3.63, 3.8) is 0 Å². The number of benzene rings is 6. The zero-order valence-corrected chi connectivity index (χ0v) is 30.7. The van der Waals surface area contributed by atoms with Crippen molar-refractivity contribution in [2.45, 2.75) is 19.3 Å². The van der Waals surface area contributed by atoms with E-state index in [1.54, 1.807) is 11.3 Å². The number of hydrogen-bond donors (Lipinski definition) is 0. The van der Waals surface area contributed by atoms with Crippen molar-refractivity contribution in [1.29, 1.82) is 0 Å². The summed E-state index contributed by atoms with van der Waals surface area (Å²) in [7, 11) is 0. The topological polar surface area (TPSA) is 44.2 Å². The Morgan fingerprint density at radius 1 is 0.574 bits per heavy atom. The van der Waals surface area contributed by atoms with Crippen LogP contribution < -0.4 is 9.47 Å². The normalized spacial score (nSPS) is 13.2. The van der Waals surface area contributed by atoms with Crippen molar-refractivity contribution in [2.24, 2.45) is 0 Å². The van der Waals surface area contributed by atoms with E-state index in [2.05, 4.69) is 124 Å². The minimum Gasteiger partial charge on any atom is -0.449 e. The molecule has 2 aliphatic rings. The first-order valence-corrected chi connectivity index (χ1v) is 18.9. The van der Waals surface area contributed by atoms with Gasteiger partial charge in [0.25, 0.3) is 0 Å². The fourth-order valence-electron chi connectivity index (χ4n) is 8.04. The minimum atomic E-state index is -0.132. The van der Waals surface area contributed by atoms with Crippen LogP contribution in [-0.2, 0) is 5.41 Å². The smallest absolute Gasteiger partial charge is 0.178 e. The van der Waals surface area contributed by atoms with Gasteiger partial charge in [0.05, 0.1) is 11.4 Å². The van der Waals surface area contributed by atoms with Crippen molar-refractivity contribution >= 4 is 33.6 Å². The van der Waals surface area contributed by atoms with E-state index in [0.29, 0.717) is 23.1 Å². The molecule has 0 radical (unpaired) electrons. The summed E-state index contributed by atoms with van der Waals surface area (Å²) in [6, 6.07) is 46.1. The van der Waals surface area contributed by atoms with Crippen molar-refractivity contribution in [2.75, 3.05) is 0 Å². The average Bonchev–Trinajstić information content (AvgIpc) is 3.70. The maximum atomic E-state index is 6.77. The third kappa shape index (κ3) is 4.97. The molecule has 0 atom stereocenters. The van der Waals surface area contributed by atoms with Gasteiger partial charge in [-0.2, -0.15) is 0 Å². The van der Waals surface area contributed by atoms with E-state index in [-0.39, 0.29) is 5.41 Å². The van der Waals surface area contributed by atoms with Gasteiger partial charge >= 0.3 is 0 Å². The van der Waals surface area contributed by atoms with Gasteiger partial charge in [0.15, 0.2) is 28.8 Å². The fourth-order valence-corrected chi connectivity index (χ4v) is 9.13. The Morgan fingerprint density at radius 3 is 2.11 bits per heavy atom. The van der Waals surface area contributed by atoms with E-state index >= 15 is 0 Å². The van der Waals surface area contributed by atoms with Crippen LogP contribution in [0.2, 0.25) is 0 Å². The van der Waals surface area contributed by atoms with Crippen LogP contribution in [0.5, 0.6) is 23.0 Å². The van der Waals surface area contributed by atoms with Gasteiger partial charge in [-0.15, -0.1) is 11.3 Å². The summed E-state index contributed by atoms with van der Waals surface area (Å²) in [6.07, 6.45) is 3.81. The molecule has 0 saturated carbocycles. The first-order valence-electron chi connectivity index (χ1n) is 18.0. The minimum absolute atomic E-state index is 0.132. The Balaban J connectivity index is 1.06. The molecule has 1 aliphatic carbocycles. The van der Waals surface area contributed by atoms with Crippen molar-refractivity contribution in [3.8, 4) is 79.2 Å². The second-order valence-corrected chi connectivity index (χ2v) is 15.3. The molecule has 0 N–H and O–H groups in total. The maximum absolute atomic E-state index is 6.77. The van der Waals surface area contributed by atoms with Crippen LogP contribution in [0.15, 0.2) is 147 Å². The Labute approximate surface area is 318 Å². The molecule has 2 aromatic heterocycles. The quantitative estimate of drug-likeness (QED) is 0.172. The van der Waals surface area contributed by atoms with E-state index in [1.807, 2.05) is 48.6 Å². The third-order valence-corrected chi connectivity index (χ3v) is 11.9. The molecule has 0 unspecified atom stereocenters. The van der Waals surface area contributed by atoms with Crippen LogP contribution in [0.4, 0.5) is 0 Å². The summed E-state index contributed by atoms with van der Waals surface area (Å²) in [6.45, 7) is 12.6. The lowest BCUT2D eigenvalue weighted by atomic mass is 9.82. The summed E-state index contributed by atoms with van der Waals surface area (Å²) in [5, 5.41) is 1.16. The first-order chi connectivity index (χ1) is 26.4. The average molecular weight is 715 g/mol. The van der Waals surface area contributed by atoms with Gasteiger partial charge in [-0.25, -0.2) is 9.97 Å². The van der Waals surface area contributed by atoms with Gasteiger partial charge in [0.1, 0.15) is 0 Å². The summed E-state index contributed by atoms with van der Waals surface area (Å²) in [5.41, 5.74) is 12.4. The highest BCUT2D eigenvalue weighted by atomic mass is 32.1. The molecular weight excluding hydrogens is 681 g/mol. The zero-order valence-electron chi connectivity index (χ0n) is 29.9. The van der Waals surface area contributed by atoms with Gasteiger partial charge in [-0.05, 0) is 58.1 Å². The second-order valence-electron chi connectivity index (χ2n) is 14.2. The van der Waals surface area contributed by atoms with Crippen molar-refractivity contribution < 1.29 is 9.47 Å². The summed E-state index contributed by atoms with van der Waals surface area (Å²) >= 11 is 1.71. The van der Waals surface area contributed by atoms with Crippen LogP contribution in [0.25, 0.3) is 78.4 Å². The number of hydrogen-bond acceptors (Lipinski definition) is 5. The van der Waals surface area contributed by atoms with Gasteiger partial charge in [-0.1, -0.05) is 142 Å². The third-order valence-electron chi connectivity index (χ3n) is 10.7. The van der Waals surface area contributed by atoms with Gasteiger partial charge < -0.3 is 9.47 Å². The van der Waals surface area contributed by atoms with Crippen LogP contribution >= 0.6 is 11.3 Å². The monoisotopic (exact) mass is 714 g/mol. The Morgan fingerprint density at radius 2 is 1.28 bits per heavy atom. The molecule has 8 aromatic rings. The van der Waals surface area contributed by atoms with Crippen molar-refractivity contribution in [3.05, 3.63) is 168 Å². The van der Waals surface area contributed by atoms with Gasteiger partial charge in [-0.3, -0.25) is 0 Å². The molecule has 10 rings (SSSR count). The number of rotatable bonds is 6. The van der Waals surface area contributed by atoms with E-state index < -0.39 is 0 Å². The van der Waals surface area contributed by atoms with Crippen LogP contribution in [0.1, 0.15) is 35.4 Å². The molecule has 5 heteroatoms. The number of thiophene rings is 1. The second kappa shape index (κ2) is 12.3. The lowest BCUT2D eigenvalue weighted by molar-refractivity contribution is 0.361. The first kappa shape index (κ1) is 32.1. The molecule has 1 aliphatic heterocycles. The summed E-state index contributed by atoms with van der Waals surface area (Å²) in [4.78, 5) is 11.4.